The van der Waals surface area contributed by atoms with Crippen molar-refractivity contribution in [1.29, 1.82) is 0 Å². The number of nitrogens with zero attached hydrogens (tertiary/aromatic N) is 1. The van der Waals surface area contributed by atoms with Gasteiger partial charge in [-0.25, -0.2) is 0 Å². The fraction of sp³-hybridized carbons (Fsp3) is 0.647. The van der Waals surface area contributed by atoms with Crippen molar-refractivity contribution in [1.82, 2.24) is 4.90 Å². The number of aliphatic hydroxyl groups excluding tert-OH is 1. The van der Waals surface area contributed by atoms with Crippen LogP contribution in [-0.2, 0) is 0 Å². The third kappa shape index (κ3) is 4.12. The van der Waals surface area contributed by atoms with Gasteiger partial charge in [0.15, 0.2) is 0 Å². The number of ether oxygens (including phenoxy) is 1. The second-order valence-corrected chi connectivity index (χ2v) is 6.37. The predicted molar refractivity (Wildman–Crippen MR) is 89.4 cm³/mol. The average Bonchev–Trinajstić information content (AvgIpc) is 2.43. The van der Waals surface area contributed by atoms with Crippen molar-refractivity contribution < 1.29 is 9.84 Å². The molecule has 0 heterocycles. The predicted octanol–water partition coefficient (Wildman–Crippen LogP) is 3.98. The molecule has 1 aromatic carbocycles. The second-order valence-electron chi connectivity index (χ2n) is 5.96. The monoisotopic (exact) mass is 313 g/mol. The first-order valence-corrected chi connectivity index (χ1v) is 7.92. The SMILES string of the molecule is CCCOc1c(C)cc(Cl)c(C)c1C(C(C)CO)N(C)C. The van der Waals surface area contributed by atoms with E-state index in [1.165, 1.54) is 0 Å². The van der Waals surface area contributed by atoms with Crippen molar-refractivity contribution in [3.05, 3.63) is 27.8 Å². The number of aryl methyl sites for hydroxylation is 1. The minimum absolute atomic E-state index is 0.0688. The van der Waals surface area contributed by atoms with Crippen LogP contribution >= 0.6 is 11.6 Å². The molecule has 0 amide bonds. The van der Waals surface area contributed by atoms with Crippen LogP contribution in [-0.4, -0.2) is 37.3 Å². The number of benzene rings is 1. The van der Waals surface area contributed by atoms with Crippen LogP contribution in [0, 0.1) is 19.8 Å². The molecule has 0 fully saturated rings. The Morgan fingerprint density at radius 1 is 1.33 bits per heavy atom. The first kappa shape index (κ1) is 18.3. The Hall–Kier alpha value is -0.770. The lowest BCUT2D eigenvalue weighted by Crippen LogP contribution is -2.29. The minimum atomic E-state index is 0.0688. The highest BCUT2D eigenvalue weighted by Crippen LogP contribution is 2.41. The number of hydrogen-bond donors (Lipinski definition) is 1. The summed E-state index contributed by atoms with van der Waals surface area (Å²) in [6, 6.07) is 2.03. The van der Waals surface area contributed by atoms with Crippen LogP contribution in [0.1, 0.15) is 43.0 Å². The molecule has 0 saturated carbocycles. The van der Waals surface area contributed by atoms with Gasteiger partial charge in [0.2, 0.25) is 0 Å². The van der Waals surface area contributed by atoms with Gasteiger partial charge < -0.3 is 14.7 Å². The van der Waals surface area contributed by atoms with Crippen LogP contribution in [0.5, 0.6) is 5.75 Å². The summed E-state index contributed by atoms with van der Waals surface area (Å²) in [5, 5.41) is 10.4. The quantitative estimate of drug-likeness (QED) is 0.826. The van der Waals surface area contributed by atoms with Crippen molar-refractivity contribution >= 4 is 11.6 Å². The minimum Gasteiger partial charge on any atom is -0.493 e. The molecule has 21 heavy (non-hydrogen) atoms. The Labute approximate surface area is 133 Å². The molecule has 0 radical (unpaired) electrons. The molecule has 0 aliphatic carbocycles. The molecule has 0 spiro atoms. The van der Waals surface area contributed by atoms with Crippen LogP contribution in [0.15, 0.2) is 6.07 Å². The molecule has 4 heteroatoms. The number of halogens is 1. The van der Waals surface area contributed by atoms with E-state index in [0.29, 0.717) is 6.61 Å². The highest BCUT2D eigenvalue weighted by Gasteiger charge is 2.28. The van der Waals surface area contributed by atoms with Gasteiger partial charge in [0.25, 0.3) is 0 Å². The molecule has 0 aliphatic heterocycles. The van der Waals surface area contributed by atoms with Crippen molar-refractivity contribution in [2.75, 3.05) is 27.3 Å². The smallest absolute Gasteiger partial charge is 0.127 e. The zero-order valence-corrected chi connectivity index (χ0v) is 14.8. The number of aliphatic hydroxyl groups is 1. The van der Waals surface area contributed by atoms with E-state index in [9.17, 15) is 5.11 Å². The summed E-state index contributed by atoms with van der Waals surface area (Å²) in [6.07, 6.45) is 0.961. The Balaban J connectivity index is 3.47. The Morgan fingerprint density at radius 2 is 1.95 bits per heavy atom. The molecule has 2 atom stereocenters. The largest absolute Gasteiger partial charge is 0.493 e. The summed E-state index contributed by atoms with van der Waals surface area (Å²) in [5.41, 5.74) is 3.18. The molecule has 1 N–H and O–H groups in total. The third-order valence-electron chi connectivity index (χ3n) is 3.84. The third-order valence-corrected chi connectivity index (χ3v) is 4.23. The summed E-state index contributed by atoms with van der Waals surface area (Å²) >= 11 is 6.39. The van der Waals surface area contributed by atoms with E-state index < -0.39 is 0 Å². The maximum atomic E-state index is 9.61. The molecular formula is C17H28ClNO2. The van der Waals surface area contributed by atoms with E-state index in [1.807, 2.05) is 40.9 Å². The molecular weight excluding hydrogens is 286 g/mol. The van der Waals surface area contributed by atoms with E-state index in [-0.39, 0.29) is 18.6 Å². The van der Waals surface area contributed by atoms with Crippen LogP contribution in [0.25, 0.3) is 0 Å². The molecule has 120 valence electrons. The van der Waals surface area contributed by atoms with Crippen molar-refractivity contribution in [2.45, 2.75) is 40.2 Å². The first-order valence-electron chi connectivity index (χ1n) is 7.54. The molecule has 2 unspecified atom stereocenters. The topological polar surface area (TPSA) is 32.7 Å². The van der Waals surface area contributed by atoms with E-state index in [2.05, 4.69) is 11.8 Å². The summed E-state index contributed by atoms with van der Waals surface area (Å²) in [4.78, 5) is 2.12. The summed E-state index contributed by atoms with van der Waals surface area (Å²) in [6.45, 7) is 9.00. The highest BCUT2D eigenvalue weighted by molar-refractivity contribution is 6.31. The molecule has 0 aliphatic rings. The van der Waals surface area contributed by atoms with E-state index >= 15 is 0 Å². The molecule has 1 rings (SSSR count). The number of rotatable bonds is 7. The van der Waals surface area contributed by atoms with Crippen LogP contribution in [0.3, 0.4) is 0 Å². The standard InChI is InChI=1S/C17H28ClNO2/c1-7-8-21-17-11(2)9-14(18)13(4)15(17)16(19(5)6)12(3)10-20/h9,12,16,20H,7-8,10H2,1-6H3. The van der Waals surface area contributed by atoms with E-state index in [1.54, 1.807) is 0 Å². The fourth-order valence-electron chi connectivity index (χ4n) is 2.78. The fourth-order valence-corrected chi connectivity index (χ4v) is 3.04. The van der Waals surface area contributed by atoms with Crippen molar-refractivity contribution in [2.24, 2.45) is 5.92 Å². The highest BCUT2D eigenvalue weighted by atomic mass is 35.5. The molecule has 3 nitrogen and oxygen atoms in total. The summed E-state index contributed by atoms with van der Waals surface area (Å²) in [7, 11) is 4.05. The van der Waals surface area contributed by atoms with Gasteiger partial charge in [0.05, 0.1) is 6.61 Å². The first-order chi connectivity index (χ1) is 9.84. The lowest BCUT2D eigenvalue weighted by Gasteiger charge is -2.33. The lowest BCUT2D eigenvalue weighted by molar-refractivity contribution is 0.142. The molecule has 0 bridgehead atoms. The normalized spacial score (nSPS) is 14.3. The van der Waals surface area contributed by atoms with Crippen molar-refractivity contribution in [3.63, 3.8) is 0 Å². The Kier molecular flexibility index (Phi) is 6.98. The zero-order valence-electron chi connectivity index (χ0n) is 14.0. The van der Waals surface area contributed by atoms with Gasteiger partial charge in [-0.1, -0.05) is 25.4 Å². The average molecular weight is 314 g/mol. The van der Waals surface area contributed by atoms with Gasteiger partial charge in [-0.15, -0.1) is 0 Å². The van der Waals surface area contributed by atoms with Crippen molar-refractivity contribution in [3.8, 4) is 5.75 Å². The lowest BCUT2D eigenvalue weighted by atomic mass is 9.88. The van der Waals surface area contributed by atoms with Gasteiger partial charge in [0, 0.05) is 23.2 Å². The van der Waals surface area contributed by atoms with Crippen LogP contribution in [0.4, 0.5) is 0 Å². The molecule has 1 aromatic rings. The van der Waals surface area contributed by atoms with Crippen LogP contribution in [0.2, 0.25) is 5.02 Å². The zero-order chi connectivity index (χ0) is 16.2. The van der Waals surface area contributed by atoms with Gasteiger partial charge in [-0.05, 0) is 57.5 Å². The molecule has 0 saturated heterocycles. The maximum absolute atomic E-state index is 9.61. The second kappa shape index (κ2) is 8.02. The van der Waals surface area contributed by atoms with Crippen LogP contribution < -0.4 is 4.74 Å². The number of hydrogen-bond acceptors (Lipinski definition) is 3. The molecule has 0 aromatic heterocycles. The maximum Gasteiger partial charge on any atom is 0.127 e. The van der Waals surface area contributed by atoms with Gasteiger partial charge in [-0.2, -0.15) is 0 Å². The van der Waals surface area contributed by atoms with E-state index in [4.69, 9.17) is 16.3 Å². The Morgan fingerprint density at radius 3 is 2.43 bits per heavy atom. The summed E-state index contributed by atoms with van der Waals surface area (Å²) < 4.78 is 6.01. The summed E-state index contributed by atoms with van der Waals surface area (Å²) in [5.74, 6) is 1.01. The Bertz CT molecular complexity index is 474. The van der Waals surface area contributed by atoms with Gasteiger partial charge in [-0.3, -0.25) is 0 Å². The van der Waals surface area contributed by atoms with Gasteiger partial charge >= 0.3 is 0 Å². The van der Waals surface area contributed by atoms with E-state index in [0.717, 1.165) is 33.9 Å². The van der Waals surface area contributed by atoms with Gasteiger partial charge in [0.1, 0.15) is 5.75 Å².